The summed E-state index contributed by atoms with van der Waals surface area (Å²) in [5.74, 6) is -1.46. The summed E-state index contributed by atoms with van der Waals surface area (Å²) >= 11 is 1.33. The minimum Gasteiger partial charge on any atom is -0.456 e. The van der Waals surface area contributed by atoms with E-state index in [0.717, 1.165) is 42.7 Å². The third-order valence-electron chi connectivity index (χ3n) is 5.09. The topological polar surface area (TPSA) is 99.5 Å². The molecule has 7 nitrogen and oxygen atoms in total. The van der Waals surface area contributed by atoms with Gasteiger partial charge in [-0.05, 0) is 25.0 Å². The second-order valence-corrected chi connectivity index (χ2v) is 8.09. The van der Waals surface area contributed by atoms with Gasteiger partial charge in [-0.1, -0.05) is 43.2 Å². The highest BCUT2D eigenvalue weighted by molar-refractivity contribution is 8.03. The molecule has 0 atom stereocenters. The zero-order valence-corrected chi connectivity index (χ0v) is 17.1. The SMILES string of the molecule is CN1/C(=C(/C#N)C(=O)COC(=O)CNC(=O)C2CCCCC2)Sc2ccccc21. The molecular formula is C21H23N3O4S. The van der Waals surface area contributed by atoms with Gasteiger partial charge in [0.1, 0.15) is 23.2 Å². The van der Waals surface area contributed by atoms with Gasteiger partial charge in [-0.25, -0.2) is 0 Å². The fraction of sp³-hybridized carbons (Fsp3) is 0.429. The first-order chi connectivity index (χ1) is 14.0. The van der Waals surface area contributed by atoms with Crippen LogP contribution in [-0.2, 0) is 19.1 Å². The Balaban J connectivity index is 1.52. The minimum atomic E-state index is -0.694. The molecule has 0 bridgehead atoms. The van der Waals surface area contributed by atoms with Crippen molar-refractivity contribution in [1.82, 2.24) is 5.32 Å². The van der Waals surface area contributed by atoms with Gasteiger partial charge in [-0.15, -0.1) is 0 Å². The molecule has 0 radical (unpaired) electrons. The fourth-order valence-electron chi connectivity index (χ4n) is 3.49. The maximum absolute atomic E-state index is 12.5. The molecule has 1 aliphatic carbocycles. The number of thioether (sulfide) groups is 1. The third kappa shape index (κ3) is 4.98. The van der Waals surface area contributed by atoms with Crippen molar-refractivity contribution in [1.29, 1.82) is 5.26 Å². The van der Waals surface area contributed by atoms with Gasteiger partial charge in [-0.3, -0.25) is 14.4 Å². The summed E-state index contributed by atoms with van der Waals surface area (Å²) in [5, 5.41) is 12.6. The molecule has 1 N–H and O–H groups in total. The number of nitrogens with zero attached hydrogens (tertiary/aromatic N) is 2. The lowest BCUT2D eigenvalue weighted by molar-refractivity contribution is -0.147. The molecule has 1 saturated carbocycles. The number of nitriles is 1. The van der Waals surface area contributed by atoms with Gasteiger partial charge in [0.05, 0.1) is 5.69 Å². The van der Waals surface area contributed by atoms with Crippen molar-refractivity contribution in [2.24, 2.45) is 5.92 Å². The standard InChI is InChI=1S/C21H23N3O4S/c1-24-16-9-5-6-10-18(16)29-21(24)15(11-22)17(25)13-28-19(26)12-23-20(27)14-7-3-2-4-8-14/h5-6,9-10,14H,2-4,7-8,12-13H2,1H3,(H,23,27)/b21-15+. The van der Waals surface area contributed by atoms with Crippen molar-refractivity contribution in [2.75, 3.05) is 25.1 Å². The van der Waals surface area contributed by atoms with Crippen LogP contribution < -0.4 is 10.2 Å². The number of rotatable bonds is 6. The van der Waals surface area contributed by atoms with E-state index in [4.69, 9.17) is 4.74 Å². The molecule has 0 saturated heterocycles. The highest BCUT2D eigenvalue weighted by Gasteiger charge is 2.28. The van der Waals surface area contributed by atoms with Crippen molar-refractivity contribution in [3.63, 3.8) is 0 Å². The summed E-state index contributed by atoms with van der Waals surface area (Å²) in [6, 6.07) is 9.53. The highest BCUT2D eigenvalue weighted by atomic mass is 32.2. The number of ether oxygens (including phenoxy) is 1. The number of benzene rings is 1. The van der Waals surface area contributed by atoms with Crippen LogP contribution in [0.1, 0.15) is 32.1 Å². The Bertz CT molecular complexity index is 884. The van der Waals surface area contributed by atoms with Crippen LogP contribution in [0.3, 0.4) is 0 Å². The molecule has 0 unspecified atom stereocenters. The molecule has 1 aromatic carbocycles. The average molecular weight is 413 g/mol. The molecule has 1 heterocycles. The van der Waals surface area contributed by atoms with E-state index in [2.05, 4.69) is 5.32 Å². The zero-order chi connectivity index (χ0) is 20.8. The van der Waals surface area contributed by atoms with Gasteiger partial charge in [0.15, 0.2) is 6.61 Å². The first kappa shape index (κ1) is 20.9. The third-order valence-corrected chi connectivity index (χ3v) is 6.33. The Kier molecular flexibility index (Phi) is 6.94. The van der Waals surface area contributed by atoms with Crippen molar-refractivity contribution in [3.8, 4) is 6.07 Å². The van der Waals surface area contributed by atoms with Crippen molar-refractivity contribution < 1.29 is 19.1 Å². The Morgan fingerprint density at radius 3 is 2.66 bits per heavy atom. The summed E-state index contributed by atoms with van der Waals surface area (Å²) in [7, 11) is 1.78. The number of Topliss-reactive ketones (excluding diaryl/α,β-unsaturated/α-hetero) is 1. The maximum atomic E-state index is 12.5. The first-order valence-electron chi connectivity index (χ1n) is 9.62. The minimum absolute atomic E-state index is 0.0484. The molecule has 8 heteroatoms. The van der Waals surface area contributed by atoms with Gasteiger partial charge in [0.2, 0.25) is 11.7 Å². The van der Waals surface area contributed by atoms with Crippen molar-refractivity contribution in [2.45, 2.75) is 37.0 Å². The van der Waals surface area contributed by atoms with Crippen LogP contribution in [0, 0.1) is 17.2 Å². The number of anilines is 1. The number of fused-ring (bicyclic) bond motifs is 1. The monoisotopic (exact) mass is 413 g/mol. The van der Waals surface area contributed by atoms with Crippen LogP contribution in [0.5, 0.6) is 0 Å². The molecule has 1 fully saturated rings. The van der Waals surface area contributed by atoms with E-state index in [1.165, 1.54) is 11.8 Å². The molecule has 3 rings (SSSR count). The second-order valence-electron chi connectivity index (χ2n) is 7.06. The summed E-state index contributed by atoms with van der Waals surface area (Å²) in [6.45, 7) is -0.809. The molecule has 0 spiro atoms. The number of hydrogen-bond donors (Lipinski definition) is 1. The largest absolute Gasteiger partial charge is 0.456 e. The maximum Gasteiger partial charge on any atom is 0.325 e. The van der Waals surface area contributed by atoms with E-state index in [9.17, 15) is 19.6 Å². The van der Waals surface area contributed by atoms with Crippen molar-refractivity contribution in [3.05, 3.63) is 34.9 Å². The number of nitrogens with one attached hydrogen (secondary N) is 1. The average Bonchev–Trinajstić information content (AvgIpc) is 3.08. The van der Waals surface area contributed by atoms with E-state index >= 15 is 0 Å². The molecule has 2 aliphatic rings. The lowest BCUT2D eigenvalue weighted by Gasteiger charge is -2.20. The summed E-state index contributed by atoms with van der Waals surface area (Å²) in [5.41, 5.74) is 0.864. The molecule has 1 aliphatic heterocycles. The zero-order valence-electron chi connectivity index (χ0n) is 16.3. The Hall–Kier alpha value is -2.79. The highest BCUT2D eigenvalue weighted by Crippen LogP contribution is 2.46. The van der Waals surface area contributed by atoms with Gasteiger partial charge < -0.3 is 15.0 Å². The summed E-state index contributed by atoms with van der Waals surface area (Å²) in [6.07, 6.45) is 4.87. The Morgan fingerprint density at radius 1 is 1.24 bits per heavy atom. The van der Waals surface area contributed by atoms with E-state index in [1.54, 1.807) is 11.9 Å². The normalized spacial score (nSPS) is 17.9. The fourth-order valence-corrected chi connectivity index (χ4v) is 4.65. The van der Waals surface area contributed by atoms with Crippen LogP contribution in [0.15, 0.2) is 39.8 Å². The number of esters is 1. The van der Waals surface area contributed by atoms with E-state index in [1.807, 2.05) is 30.3 Å². The number of ketones is 1. The molecular weight excluding hydrogens is 390 g/mol. The van der Waals surface area contributed by atoms with Crippen molar-refractivity contribution >= 4 is 35.1 Å². The Morgan fingerprint density at radius 2 is 1.97 bits per heavy atom. The van der Waals surface area contributed by atoms with Crippen LogP contribution >= 0.6 is 11.8 Å². The molecule has 1 aromatic rings. The first-order valence-corrected chi connectivity index (χ1v) is 10.4. The van der Waals surface area contributed by atoms with Crippen LogP contribution in [0.25, 0.3) is 0 Å². The van der Waals surface area contributed by atoms with Crippen LogP contribution in [0.2, 0.25) is 0 Å². The number of carbonyl (C=O) groups is 3. The molecule has 152 valence electrons. The number of amides is 1. The summed E-state index contributed by atoms with van der Waals surface area (Å²) < 4.78 is 4.98. The van der Waals surface area contributed by atoms with Crippen LogP contribution in [-0.4, -0.2) is 37.9 Å². The lowest BCUT2D eigenvalue weighted by Crippen LogP contribution is -2.36. The number of carbonyl (C=O) groups excluding carboxylic acids is 3. The van der Waals surface area contributed by atoms with E-state index in [0.29, 0.717) is 5.03 Å². The molecule has 1 amide bonds. The molecule has 0 aromatic heterocycles. The number of hydrogen-bond acceptors (Lipinski definition) is 7. The van der Waals surface area contributed by atoms with E-state index < -0.39 is 18.4 Å². The number of para-hydroxylation sites is 1. The van der Waals surface area contributed by atoms with E-state index in [-0.39, 0.29) is 23.9 Å². The Labute approximate surface area is 174 Å². The quantitative estimate of drug-likeness (QED) is 0.435. The molecule has 29 heavy (non-hydrogen) atoms. The predicted molar refractivity (Wildman–Crippen MR) is 109 cm³/mol. The summed E-state index contributed by atoms with van der Waals surface area (Å²) in [4.78, 5) is 39.2. The smallest absolute Gasteiger partial charge is 0.325 e. The van der Waals surface area contributed by atoms with Gasteiger partial charge in [-0.2, -0.15) is 5.26 Å². The van der Waals surface area contributed by atoms with Gasteiger partial charge in [0.25, 0.3) is 0 Å². The van der Waals surface area contributed by atoms with Crippen LogP contribution in [0.4, 0.5) is 5.69 Å². The van der Waals surface area contributed by atoms with Gasteiger partial charge >= 0.3 is 5.97 Å². The second kappa shape index (κ2) is 9.61. The predicted octanol–water partition coefficient (Wildman–Crippen LogP) is 2.77. The lowest BCUT2D eigenvalue weighted by atomic mass is 9.89. The van der Waals surface area contributed by atoms with Gasteiger partial charge in [0, 0.05) is 17.9 Å².